The number of carboxylic acids is 1. The van der Waals surface area contributed by atoms with Crippen molar-refractivity contribution in [1.29, 1.82) is 0 Å². The Morgan fingerprint density at radius 1 is 1.08 bits per heavy atom. The highest BCUT2D eigenvalue weighted by molar-refractivity contribution is 6.22. The fourth-order valence-electron chi connectivity index (χ4n) is 3.08. The number of aromatic carboxylic acids is 1. The number of aromatic nitrogens is 2. The van der Waals surface area contributed by atoms with Gasteiger partial charge in [-0.3, -0.25) is 9.59 Å². The fraction of sp³-hybridized carbons (Fsp3) is 0.111. The van der Waals surface area contributed by atoms with Crippen molar-refractivity contribution in [3.8, 4) is 0 Å². The van der Waals surface area contributed by atoms with Gasteiger partial charge in [0.2, 0.25) is 5.91 Å². The summed E-state index contributed by atoms with van der Waals surface area (Å²) in [6.07, 6.45) is 1.61. The number of hydrogen-bond donors (Lipinski definition) is 1. The molecule has 0 radical (unpaired) electrons. The largest absolute Gasteiger partial charge is 0.478 e. The van der Waals surface area contributed by atoms with Crippen molar-refractivity contribution in [2.45, 2.75) is 12.5 Å². The maximum Gasteiger partial charge on any atom is 0.335 e. The number of nitrogens with zero attached hydrogens (tertiary/aromatic N) is 3. The average molecular weight is 335 g/mol. The minimum Gasteiger partial charge on any atom is -0.478 e. The zero-order valence-electron chi connectivity index (χ0n) is 13.0. The van der Waals surface area contributed by atoms with Crippen LogP contribution in [0.15, 0.2) is 54.9 Å². The van der Waals surface area contributed by atoms with E-state index in [4.69, 9.17) is 5.11 Å². The molecule has 0 saturated carbocycles. The number of para-hydroxylation sites is 2. The Morgan fingerprint density at radius 2 is 1.80 bits per heavy atom. The molecule has 3 aromatic rings. The van der Waals surface area contributed by atoms with Crippen LogP contribution in [0.3, 0.4) is 0 Å². The van der Waals surface area contributed by atoms with Crippen molar-refractivity contribution in [1.82, 2.24) is 9.55 Å². The highest BCUT2D eigenvalue weighted by Crippen LogP contribution is 2.31. The van der Waals surface area contributed by atoms with E-state index < -0.39 is 12.0 Å². The lowest BCUT2D eigenvalue weighted by Gasteiger charge is -2.16. The molecule has 4 rings (SSSR count). The maximum atomic E-state index is 12.8. The molecule has 1 N–H and O–H groups in total. The smallest absolute Gasteiger partial charge is 0.335 e. The number of imidazole rings is 1. The summed E-state index contributed by atoms with van der Waals surface area (Å²) < 4.78 is 1.71. The summed E-state index contributed by atoms with van der Waals surface area (Å²) in [4.78, 5) is 41.5. The van der Waals surface area contributed by atoms with Gasteiger partial charge in [0.1, 0.15) is 6.04 Å². The fourth-order valence-corrected chi connectivity index (χ4v) is 3.08. The van der Waals surface area contributed by atoms with E-state index in [1.165, 1.54) is 24.3 Å². The molecule has 2 heterocycles. The number of carboxylic acid groups (broad SMARTS) is 1. The van der Waals surface area contributed by atoms with Crippen molar-refractivity contribution in [2.75, 3.05) is 4.90 Å². The Bertz CT molecular complexity index is 1010. The van der Waals surface area contributed by atoms with Gasteiger partial charge in [-0.1, -0.05) is 12.1 Å². The Labute approximate surface area is 142 Å². The van der Waals surface area contributed by atoms with Crippen LogP contribution in [-0.2, 0) is 9.59 Å². The Hall–Kier alpha value is -3.48. The van der Waals surface area contributed by atoms with Crippen molar-refractivity contribution in [3.63, 3.8) is 0 Å². The van der Waals surface area contributed by atoms with E-state index in [0.717, 1.165) is 15.9 Å². The number of carbonyl (C=O) groups is 3. The number of fused-ring (bicyclic) bond motifs is 1. The molecule has 124 valence electrons. The lowest BCUT2D eigenvalue weighted by Crippen LogP contribution is -2.31. The van der Waals surface area contributed by atoms with E-state index >= 15 is 0 Å². The predicted octanol–water partition coefficient (Wildman–Crippen LogP) is 2.24. The number of anilines is 1. The molecule has 7 nitrogen and oxygen atoms in total. The van der Waals surface area contributed by atoms with E-state index in [0.29, 0.717) is 5.69 Å². The Morgan fingerprint density at radius 3 is 2.52 bits per heavy atom. The van der Waals surface area contributed by atoms with Gasteiger partial charge in [0.25, 0.3) is 5.91 Å². The highest BCUT2D eigenvalue weighted by Gasteiger charge is 2.41. The van der Waals surface area contributed by atoms with Crippen LogP contribution in [0, 0.1) is 0 Å². The lowest BCUT2D eigenvalue weighted by atomic mass is 10.2. The molecule has 0 spiro atoms. The first-order valence-corrected chi connectivity index (χ1v) is 7.68. The molecule has 1 aromatic heterocycles. The van der Waals surface area contributed by atoms with Crippen LogP contribution in [0.4, 0.5) is 5.69 Å². The van der Waals surface area contributed by atoms with Gasteiger partial charge in [-0.15, -0.1) is 0 Å². The number of carbonyl (C=O) groups excluding carboxylic acids is 2. The second kappa shape index (κ2) is 5.55. The van der Waals surface area contributed by atoms with Crippen molar-refractivity contribution in [2.24, 2.45) is 0 Å². The van der Waals surface area contributed by atoms with Gasteiger partial charge in [-0.25, -0.2) is 14.7 Å². The van der Waals surface area contributed by atoms with Crippen molar-refractivity contribution in [3.05, 3.63) is 60.4 Å². The van der Waals surface area contributed by atoms with E-state index in [1.807, 2.05) is 24.3 Å². The summed E-state index contributed by atoms with van der Waals surface area (Å²) in [5.74, 6) is -1.74. The molecule has 0 aliphatic carbocycles. The second-order valence-electron chi connectivity index (χ2n) is 5.78. The maximum absolute atomic E-state index is 12.8. The predicted molar refractivity (Wildman–Crippen MR) is 89.3 cm³/mol. The molecule has 0 bridgehead atoms. The van der Waals surface area contributed by atoms with Crippen LogP contribution in [0.1, 0.15) is 22.8 Å². The number of amides is 2. The number of hydrogen-bond acceptors (Lipinski definition) is 4. The summed E-state index contributed by atoms with van der Waals surface area (Å²) in [7, 11) is 0. The first kappa shape index (κ1) is 15.1. The molecule has 1 aliphatic heterocycles. The molecular formula is C18H13N3O4. The minimum absolute atomic E-state index is 0.0415. The van der Waals surface area contributed by atoms with Gasteiger partial charge in [0.05, 0.1) is 35.0 Å². The lowest BCUT2D eigenvalue weighted by molar-refractivity contribution is -0.122. The summed E-state index contributed by atoms with van der Waals surface area (Å²) in [5, 5.41) is 8.95. The van der Waals surface area contributed by atoms with E-state index in [9.17, 15) is 14.4 Å². The zero-order chi connectivity index (χ0) is 17.6. The van der Waals surface area contributed by atoms with Gasteiger partial charge in [-0.2, -0.15) is 0 Å². The highest BCUT2D eigenvalue weighted by atomic mass is 16.4. The minimum atomic E-state index is -1.06. The monoisotopic (exact) mass is 335 g/mol. The van der Waals surface area contributed by atoms with Gasteiger partial charge in [-0.05, 0) is 36.4 Å². The van der Waals surface area contributed by atoms with Crippen LogP contribution in [0.5, 0.6) is 0 Å². The topological polar surface area (TPSA) is 92.5 Å². The van der Waals surface area contributed by atoms with Gasteiger partial charge < -0.3 is 9.67 Å². The van der Waals surface area contributed by atoms with Gasteiger partial charge in [0, 0.05) is 0 Å². The molecule has 7 heteroatoms. The molecule has 1 aliphatic rings. The number of rotatable bonds is 3. The molecule has 1 saturated heterocycles. The Kier molecular flexibility index (Phi) is 3.35. The standard InChI is InChI=1S/C18H13N3O4/c22-16-9-15(20-10-19-13-3-1-2-4-14(13)20)17(23)21(16)12-7-5-11(6-8-12)18(24)25/h1-8,10,15H,9H2,(H,24,25)/t15-/m0/s1. The normalized spacial score (nSPS) is 17.4. The number of imide groups is 1. The molecular weight excluding hydrogens is 322 g/mol. The van der Waals surface area contributed by atoms with E-state index in [1.54, 1.807) is 10.9 Å². The quantitative estimate of drug-likeness (QED) is 0.741. The second-order valence-corrected chi connectivity index (χ2v) is 5.78. The molecule has 0 unspecified atom stereocenters. The van der Waals surface area contributed by atoms with E-state index in [2.05, 4.69) is 4.98 Å². The number of benzene rings is 2. The third-order valence-electron chi connectivity index (χ3n) is 4.31. The van der Waals surface area contributed by atoms with Gasteiger partial charge in [0.15, 0.2) is 0 Å². The van der Waals surface area contributed by atoms with Crippen LogP contribution in [0.25, 0.3) is 11.0 Å². The summed E-state index contributed by atoms with van der Waals surface area (Å²) in [5.41, 5.74) is 2.01. The van der Waals surface area contributed by atoms with Crippen LogP contribution < -0.4 is 4.90 Å². The van der Waals surface area contributed by atoms with Crippen LogP contribution >= 0.6 is 0 Å². The molecule has 2 amide bonds. The third-order valence-corrected chi connectivity index (χ3v) is 4.31. The molecule has 1 atom stereocenters. The third kappa shape index (κ3) is 2.37. The van der Waals surface area contributed by atoms with Crippen LogP contribution in [-0.4, -0.2) is 32.4 Å². The first-order chi connectivity index (χ1) is 12.1. The van der Waals surface area contributed by atoms with Crippen molar-refractivity contribution < 1.29 is 19.5 Å². The average Bonchev–Trinajstić information content (AvgIpc) is 3.16. The molecule has 25 heavy (non-hydrogen) atoms. The summed E-state index contributed by atoms with van der Waals surface area (Å²) >= 11 is 0. The summed E-state index contributed by atoms with van der Waals surface area (Å²) in [6.45, 7) is 0. The van der Waals surface area contributed by atoms with E-state index in [-0.39, 0.29) is 23.8 Å². The Balaban J connectivity index is 1.69. The SMILES string of the molecule is O=C(O)c1ccc(N2C(=O)C[C@H](n3cnc4ccccc43)C2=O)cc1. The van der Waals surface area contributed by atoms with Crippen LogP contribution in [0.2, 0.25) is 0 Å². The van der Waals surface area contributed by atoms with Crippen molar-refractivity contribution >= 4 is 34.5 Å². The molecule has 1 fully saturated rings. The van der Waals surface area contributed by atoms with Gasteiger partial charge >= 0.3 is 5.97 Å². The molecule has 2 aromatic carbocycles. The summed E-state index contributed by atoms with van der Waals surface area (Å²) in [6, 6.07) is 12.4. The first-order valence-electron chi connectivity index (χ1n) is 7.68. The zero-order valence-corrected chi connectivity index (χ0v) is 13.0.